The second kappa shape index (κ2) is 8.02. The number of halogens is 3. The minimum atomic E-state index is -4.49. The summed E-state index contributed by atoms with van der Waals surface area (Å²) in [5.74, 6) is 0.346. The Morgan fingerprint density at radius 2 is 1.87 bits per heavy atom. The molecule has 1 aromatic carbocycles. The molecule has 2 saturated heterocycles. The molecule has 0 aliphatic carbocycles. The maximum atomic E-state index is 13.4. The fraction of sp³-hybridized carbons (Fsp3) is 0.571. The first-order chi connectivity index (χ1) is 14.2. The topological polar surface area (TPSA) is 61.4 Å². The average molecular weight is 421 g/mol. The van der Waals surface area contributed by atoms with Crippen LogP contribution in [0.15, 0.2) is 24.5 Å². The lowest BCUT2D eigenvalue weighted by Gasteiger charge is -2.39. The molecule has 1 aromatic heterocycles. The normalized spacial score (nSPS) is 25.6. The van der Waals surface area contributed by atoms with Gasteiger partial charge in [0.15, 0.2) is 0 Å². The molecule has 1 amide bonds. The molecule has 162 valence electrons. The molecule has 0 spiro atoms. The largest absolute Gasteiger partial charge is 0.418 e. The Bertz CT molecular complexity index is 934. The number of nitrogens with one attached hydrogen (secondary N) is 1. The maximum Gasteiger partial charge on any atom is 0.418 e. The van der Waals surface area contributed by atoms with Gasteiger partial charge in [-0.25, -0.2) is 0 Å². The number of anilines is 1. The fourth-order valence-electron chi connectivity index (χ4n) is 4.65. The van der Waals surface area contributed by atoms with Gasteiger partial charge in [-0.3, -0.25) is 14.8 Å². The van der Waals surface area contributed by atoms with Crippen LogP contribution in [0.4, 0.5) is 18.9 Å². The summed E-state index contributed by atoms with van der Waals surface area (Å²) in [5, 5.41) is 3.17. The van der Waals surface area contributed by atoms with Crippen molar-refractivity contribution in [2.24, 2.45) is 11.8 Å². The van der Waals surface area contributed by atoms with Crippen molar-refractivity contribution in [3.8, 4) is 0 Å². The van der Waals surface area contributed by atoms with Crippen LogP contribution in [0.25, 0.3) is 11.0 Å². The molecule has 2 aliphatic rings. The van der Waals surface area contributed by atoms with E-state index >= 15 is 0 Å². The van der Waals surface area contributed by atoms with Crippen molar-refractivity contribution in [3.63, 3.8) is 0 Å². The number of carbonyl (C=O) groups excluding carboxylic acids is 1. The highest BCUT2D eigenvalue weighted by molar-refractivity contribution is 5.91. The fourth-order valence-corrected chi connectivity index (χ4v) is 4.65. The third-order valence-electron chi connectivity index (χ3n) is 6.02. The molecule has 9 heteroatoms. The number of nitrogens with zero attached hydrogens (tertiary/aromatic N) is 4. The number of amides is 1. The number of piperidine rings is 1. The number of likely N-dealkylation sites (tertiary alicyclic amines) is 1. The molecule has 0 saturated carbocycles. The monoisotopic (exact) mass is 421 g/mol. The van der Waals surface area contributed by atoms with Crippen molar-refractivity contribution in [2.45, 2.75) is 32.0 Å². The molecule has 2 fully saturated rings. The summed E-state index contributed by atoms with van der Waals surface area (Å²) in [6.45, 7) is 5.00. The first kappa shape index (κ1) is 20.8. The van der Waals surface area contributed by atoms with Gasteiger partial charge in [0.2, 0.25) is 5.91 Å². The Morgan fingerprint density at radius 1 is 1.13 bits per heavy atom. The predicted octanol–water partition coefficient (Wildman–Crippen LogP) is 2.93. The molecule has 30 heavy (non-hydrogen) atoms. The van der Waals surface area contributed by atoms with E-state index in [0.29, 0.717) is 18.8 Å². The van der Waals surface area contributed by atoms with Crippen molar-refractivity contribution in [3.05, 3.63) is 30.1 Å². The maximum absolute atomic E-state index is 13.4. The molecular weight excluding hydrogens is 395 g/mol. The summed E-state index contributed by atoms with van der Waals surface area (Å²) < 4.78 is 40.2. The van der Waals surface area contributed by atoms with Crippen molar-refractivity contribution < 1.29 is 18.0 Å². The Labute approximate surface area is 173 Å². The molecular formula is C21H26F3N5O. The standard InChI is InChI=1S/C21H26F3N5O/c1-13-9-15(27-20(30)14-5-8-28(2)11-14)12-29(10-13)17-4-3-16(21(22,23)24)18-19(17)26-7-6-25-18/h3-4,6-7,13-15H,5,8-12H2,1-2H3,(H,27,30)/t13-,14?,15+/m0/s1. The smallest absolute Gasteiger partial charge is 0.367 e. The molecule has 2 aromatic rings. The van der Waals surface area contributed by atoms with Gasteiger partial charge in [-0.15, -0.1) is 0 Å². The lowest BCUT2D eigenvalue weighted by atomic mass is 9.94. The van der Waals surface area contributed by atoms with Crippen LogP contribution in [0.5, 0.6) is 0 Å². The number of aromatic nitrogens is 2. The number of hydrogen-bond donors (Lipinski definition) is 1. The van der Waals surface area contributed by atoms with Crippen LogP contribution in [0.1, 0.15) is 25.3 Å². The third-order valence-corrected chi connectivity index (χ3v) is 6.02. The second-order valence-electron chi connectivity index (χ2n) is 8.58. The predicted molar refractivity (Wildman–Crippen MR) is 108 cm³/mol. The number of alkyl halides is 3. The molecule has 6 nitrogen and oxygen atoms in total. The lowest BCUT2D eigenvalue weighted by Crippen LogP contribution is -2.52. The molecule has 3 atom stereocenters. The van der Waals surface area contributed by atoms with Crippen molar-refractivity contribution in [1.82, 2.24) is 20.2 Å². The minimum Gasteiger partial charge on any atom is -0.367 e. The van der Waals surface area contributed by atoms with E-state index in [9.17, 15) is 18.0 Å². The average Bonchev–Trinajstić information content (AvgIpc) is 3.12. The van der Waals surface area contributed by atoms with E-state index in [2.05, 4.69) is 27.1 Å². The molecule has 2 aliphatic heterocycles. The van der Waals surface area contributed by atoms with E-state index in [1.54, 1.807) is 0 Å². The Hall–Kier alpha value is -2.42. The molecule has 0 bridgehead atoms. The summed E-state index contributed by atoms with van der Waals surface area (Å²) in [6, 6.07) is 2.50. The Balaban J connectivity index is 1.58. The van der Waals surface area contributed by atoms with E-state index in [1.807, 2.05) is 11.9 Å². The summed E-state index contributed by atoms with van der Waals surface area (Å²) in [7, 11) is 2.01. The highest BCUT2D eigenvalue weighted by atomic mass is 19.4. The van der Waals surface area contributed by atoms with E-state index in [0.717, 1.165) is 32.0 Å². The van der Waals surface area contributed by atoms with Crippen molar-refractivity contribution >= 4 is 22.6 Å². The van der Waals surface area contributed by atoms with Gasteiger partial charge in [0.25, 0.3) is 0 Å². The van der Waals surface area contributed by atoms with Crippen LogP contribution in [-0.2, 0) is 11.0 Å². The van der Waals surface area contributed by atoms with Gasteiger partial charge in [0.1, 0.15) is 11.0 Å². The van der Waals surface area contributed by atoms with Crippen LogP contribution < -0.4 is 10.2 Å². The summed E-state index contributed by atoms with van der Waals surface area (Å²) in [4.78, 5) is 25.0. The number of rotatable bonds is 3. The molecule has 3 heterocycles. The van der Waals surface area contributed by atoms with Crippen LogP contribution in [0, 0.1) is 11.8 Å². The highest BCUT2D eigenvalue weighted by Crippen LogP contribution is 2.37. The quantitative estimate of drug-likeness (QED) is 0.826. The van der Waals surface area contributed by atoms with Gasteiger partial charge in [0, 0.05) is 38.1 Å². The van der Waals surface area contributed by atoms with Gasteiger partial charge < -0.3 is 15.1 Å². The summed E-state index contributed by atoms with van der Waals surface area (Å²) >= 11 is 0. The summed E-state index contributed by atoms with van der Waals surface area (Å²) in [5.41, 5.74) is -0.0636. The Kier molecular flexibility index (Phi) is 5.57. The number of fused-ring (bicyclic) bond motifs is 1. The van der Waals surface area contributed by atoms with Gasteiger partial charge in [-0.2, -0.15) is 13.2 Å². The van der Waals surface area contributed by atoms with Gasteiger partial charge in [0.05, 0.1) is 17.2 Å². The number of hydrogen-bond acceptors (Lipinski definition) is 5. The third kappa shape index (κ3) is 4.21. The van der Waals surface area contributed by atoms with Crippen molar-refractivity contribution in [2.75, 3.05) is 38.1 Å². The molecule has 1 N–H and O–H groups in total. The SMILES string of the molecule is C[C@H]1C[C@@H](NC(=O)C2CCN(C)C2)CN(c2ccc(C(F)(F)F)c3nccnc23)C1. The van der Waals surface area contributed by atoms with E-state index < -0.39 is 11.7 Å². The molecule has 4 rings (SSSR count). The zero-order chi connectivity index (χ0) is 21.5. The van der Waals surface area contributed by atoms with Crippen LogP contribution in [-0.4, -0.2) is 60.0 Å². The van der Waals surface area contributed by atoms with Crippen LogP contribution in [0.3, 0.4) is 0 Å². The van der Waals surface area contributed by atoms with Crippen molar-refractivity contribution in [1.29, 1.82) is 0 Å². The van der Waals surface area contributed by atoms with Crippen LogP contribution in [0.2, 0.25) is 0 Å². The Morgan fingerprint density at radius 3 is 2.53 bits per heavy atom. The number of carbonyl (C=O) groups is 1. The van der Waals surface area contributed by atoms with Gasteiger partial charge >= 0.3 is 6.18 Å². The first-order valence-corrected chi connectivity index (χ1v) is 10.3. The zero-order valence-corrected chi connectivity index (χ0v) is 17.1. The van der Waals surface area contributed by atoms with Gasteiger partial charge in [-0.1, -0.05) is 6.92 Å². The first-order valence-electron chi connectivity index (χ1n) is 10.3. The van der Waals surface area contributed by atoms with Gasteiger partial charge in [-0.05, 0) is 44.5 Å². The molecule has 0 radical (unpaired) electrons. The van der Waals surface area contributed by atoms with Crippen LogP contribution >= 0.6 is 0 Å². The van der Waals surface area contributed by atoms with E-state index in [1.165, 1.54) is 18.5 Å². The minimum absolute atomic E-state index is 0.00144. The summed E-state index contributed by atoms with van der Waals surface area (Å²) in [6.07, 6.45) is -0.105. The second-order valence-corrected chi connectivity index (χ2v) is 8.58. The zero-order valence-electron chi connectivity index (χ0n) is 17.1. The lowest BCUT2D eigenvalue weighted by molar-refractivity contribution is -0.136. The highest BCUT2D eigenvalue weighted by Gasteiger charge is 2.36. The molecule has 1 unspecified atom stereocenters. The number of benzene rings is 1. The van der Waals surface area contributed by atoms with E-state index in [4.69, 9.17) is 0 Å². The van der Waals surface area contributed by atoms with E-state index in [-0.39, 0.29) is 34.8 Å².